The molecule has 6 nitrogen and oxygen atoms in total. The Bertz CT molecular complexity index is 989. The maximum atomic E-state index is 11.3. The van der Waals surface area contributed by atoms with Gasteiger partial charge in [0.15, 0.2) is 11.5 Å². The fourth-order valence-electron chi connectivity index (χ4n) is 3.02. The molecule has 0 spiro atoms. The summed E-state index contributed by atoms with van der Waals surface area (Å²) in [5.74, 6) is 2.15. The van der Waals surface area contributed by atoms with Crippen molar-refractivity contribution < 1.29 is 14.3 Å². The number of hydrogen-bond donors (Lipinski definition) is 2. The molecule has 0 bridgehead atoms. The van der Waals surface area contributed by atoms with E-state index in [9.17, 15) is 4.79 Å². The molecule has 2 N–H and O–H groups in total. The van der Waals surface area contributed by atoms with Crippen molar-refractivity contribution in [3.05, 3.63) is 66.2 Å². The van der Waals surface area contributed by atoms with Crippen molar-refractivity contribution in [2.24, 2.45) is 0 Å². The quantitative estimate of drug-likeness (QED) is 0.596. The molecule has 0 aliphatic heterocycles. The largest absolute Gasteiger partial charge is 0.493 e. The molecule has 0 fully saturated rings. The van der Waals surface area contributed by atoms with Gasteiger partial charge in [0.1, 0.15) is 5.82 Å². The van der Waals surface area contributed by atoms with Crippen molar-refractivity contribution in [1.29, 1.82) is 0 Å². The van der Waals surface area contributed by atoms with Crippen LogP contribution in [0.25, 0.3) is 11.3 Å². The fourth-order valence-corrected chi connectivity index (χ4v) is 3.02. The van der Waals surface area contributed by atoms with E-state index in [1.54, 1.807) is 14.2 Å². The molecule has 1 aromatic heterocycles. The Morgan fingerprint density at radius 1 is 0.966 bits per heavy atom. The fraction of sp³-hybridized carbons (Fsp3) is 0.217. The first-order valence-corrected chi connectivity index (χ1v) is 9.39. The van der Waals surface area contributed by atoms with Crippen LogP contribution in [-0.2, 0) is 11.2 Å². The van der Waals surface area contributed by atoms with Crippen molar-refractivity contribution >= 4 is 17.4 Å². The van der Waals surface area contributed by atoms with Gasteiger partial charge in [0, 0.05) is 24.7 Å². The number of carbonyl (C=O) groups excluding carboxylic acids is 1. The van der Waals surface area contributed by atoms with Crippen LogP contribution in [0.15, 0.2) is 60.7 Å². The van der Waals surface area contributed by atoms with Gasteiger partial charge in [-0.2, -0.15) is 0 Å². The van der Waals surface area contributed by atoms with Gasteiger partial charge >= 0.3 is 0 Å². The SMILES string of the molecule is COc1ccc(CCNc2cccc(-c3cccc(NC(C)=O)c3)n2)cc1OC. The second-order valence-electron chi connectivity index (χ2n) is 6.54. The molecule has 0 saturated carbocycles. The third kappa shape index (κ3) is 5.48. The number of rotatable bonds is 8. The maximum Gasteiger partial charge on any atom is 0.221 e. The molecule has 29 heavy (non-hydrogen) atoms. The molecule has 0 unspecified atom stereocenters. The summed E-state index contributed by atoms with van der Waals surface area (Å²) in [7, 11) is 3.26. The summed E-state index contributed by atoms with van der Waals surface area (Å²) in [5, 5.41) is 6.16. The molecule has 0 atom stereocenters. The third-order valence-electron chi connectivity index (χ3n) is 4.40. The lowest BCUT2D eigenvalue weighted by Crippen LogP contribution is -2.07. The van der Waals surface area contributed by atoms with Crippen LogP contribution in [0.1, 0.15) is 12.5 Å². The van der Waals surface area contributed by atoms with Crippen LogP contribution in [0.5, 0.6) is 11.5 Å². The Labute approximate surface area is 170 Å². The van der Waals surface area contributed by atoms with Crippen LogP contribution in [0, 0.1) is 0 Å². The van der Waals surface area contributed by atoms with Gasteiger partial charge in [-0.1, -0.05) is 24.3 Å². The van der Waals surface area contributed by atoms with Gasteiger partial charge in [-0.25, -0.2) is 4.98 Å². The second-order valence-corrected chi connectivity index (χ2v) is 6.54. The molecule has 1 amide bonds. The average Bonchev–Trinajstić information content (AvgIpc) is 2.73. The van der Waals surface area contributed by atoms with E-state index in [4.69, 9.17) is 9.47 Å². The van der Waals surface area contributed by atoms with Crippen molar-refractivity contribution in [1.82, 2.24) is 4.98 Å². The standard InChI is InChI=1S/C23H25N3O3/c1-16(27)25-19-7-4-6-18(15-19)20-8-5-9-23(26-20)24-13-12-17-10-11-21(28-2)22(14-17)29-3/h4-11,14-15H,12-13H2,1-3H3,(H,24,26)(H,25,27). The summed E-state index contributed by atoms with van der Waals surface area (Å²) in [6, 6.07) is 19.4. The van der Waals surface area contributed by atoms with E-state index in [-0.39, 0.29) is 5.91 Å². The highest BCUT2D eigenvalue weighted by Gasteiger charge is 2.06. The zero-order chi connectivity index (χ0) is 20.6. The zero-order valence-electron chi connectivity index (χ0n) is 16.9. The number of ether oxygens (including phenoxy) is 2. The van der Waals surface area contributed by atoms with E-state index in [0.717, 1.165) is 52.8 Å². The maximum absolute atomic E-state index is 11.3. The smallest absolute Gasteiger partial charge is 0.221 e. The first-order chi connectivity index (χ1) is 14.1. The van der Waals surface area contributed by atoms with Crippen LogP contribution >= 0.6 is 0 Å². The van der Waals surface area contributed by atoms with Crippen LogP contribution in [0.2, 0.25) is 0 Å². The van der Waals surface area contributed by atoms with Crippen molar-refractivity contribution in [2.45, 2.75) is 13.3 Å². The molecule has 1 heterocycles. The third-order valence-corrected chi connectivity index (χ3v) is 4.40. The number of methoxy groups -OCH3 is 2. The summed E-state index contributed by atoms with van der Waals surface area (Å²) < 4.78 is 10.6. The number of nitrogens with zero attached hydrogens (tertiary/aromatic N) is 1. The summed E-state index contributed by atoms with van der Waals surface area (Å²) in [4.78, 5) is 16.0. The Hall–Kier alpha value is -3.54. The highest BCUT2D eigenvalue weighted by atomic mass is 16.5. The van der Waals surface area contributed by atoms with Gasteiger partial charge in [0.25, 0.3) is 0 Å². The number of carbonyl (C=O) groups is 1. The molecule has 3 aromatic rings. The van der Waals surface area contributed by atoms with E-state index in [1.807, 2.05) is 60.7 Å². The molecule has 0 aliphatic carbocycles. The number of anilines is 2. The molecule has 3 rings (SSSR count). The summed E-state index contributed by atoms with van der Waals surface area (Å²) in [6.45, 7) is 2.23. The lowest BCUT2D eigenvalue weighted by molar-refractivity contribution is -0.114. The van der Waals surface area contributed by atoms with Crippen LogP contribution < -0.4 is 20.1 Å². The number of aromatic nitrogens is 1. The van der Waals surface area contributed by atoms with Gasteiger partial charge in [-0.05, 0) is 48.4 Å². The topological polar surface area (TPSA) is 72.5 Å². The molecule has 150 valence electrons. The van der Waals surface area contributed by atoms with Gasteiger partial charge in [0.2, 0.25) is 5.91 Å². The Morgan fingerprint density at radius 2 is 1.76 bits per heavy atom. The Morgan fingerprint density at radius 3 is 2.52 bits per heavy atom. The molecule has 6 heteroatoms. The van der Waals surface area contributed by atoms with Crippen LogP contribution in [-0.4, -0.2) is 31.7 Å². The summed E-state index contributed by atoms with van der Waals surface area (Å²) >= 11 is 0. The summed E-state index contributed by atoms with van der Waals surface area (Å²) in [6.07, 6.45) is 0.824. The van der Waals surface area contributed by atoms with Crippen molar-refractivity contribution in [3.8, 4) is 22.8 Å². The van der Waals surface area contributed by atoms with Crippen LogP contribution in [0.3, 0.4) is 0 Å². The number of benzene rings is 2. The molecule has 0 radical (unpaired) electrons. The van der Waals surface area contributed by atoms with Crippen molar-refractivity contribution in [2.75, 3.05) is 31.4 Å². The van der Waals surface area contributed by atoms with Gasteiger partial charge in [-0.15, -0.1) is 0 Å². The molecular weight excluding hydrogens is 366 g/mol. The highest BCUT2D eigenvalue weighted by molar-refractivity contribution is 5.89. The minimum atomic E-state index is -0.0966. The normalized spacial score (nSPS) is 10.3. The highest BCUT2D eigenvalue weighted by Crippen LogP contribution is 2.28. The van der Waals surface area contributed by atoms with E-state index < -0.39 is 0 Å². The number of hydrogen-bond acceptors (Lipinski definition) is 5. The van der Waals surface area contributed by atoms with E-state index >= 15 is 0 Å². The van der Waals surface area contributed by atoms with E-state index in [0.29, 0.717) is 0 Å². The zero-order valence-corrected chi connectivity index (χ0v) is 16.9. The summed E-state index contributed by atoms with van der Waals surface area (Å²) in [5.41, 5.74) is 3.69. The monoisotopic (exact) mass is 391 g/mol. The number of amides is 1. The lowest BCUT2D eigenvalue weighted by atomic mass is 10.1. The first-order valence-electron chi connectivity index (χ1n) is 9.39. The predicted molar refractivity (Wildman–Crippen MR) is 116 cm³/mol. The average molecular weight is 391 g/mol. The lowest BCUT2D eigenvalue weighted by Gasteiger charge is -2.11. The molecule has 0 aliphatic rings. The number of nitrogens with one attached hydrogen (secondary N) is 2. The minimum Gasteiger partial charge on any atom is -0.493 e. The van der Waals surface area contributed by atoms with Gasteiger partial charge < -0.3 is 20.1 Å². The second kappa shape index (κ2) is 9.59. The van der Waals surface area contributed by atoms with E-state index in [1.165, 1.54) is 6.92 Å². The molecule has 2 aromatic carbocycles. The number of pyridine rings is 1. The Kier molecular flexibility index (Phi) is 6.68. The van der Waals surface area contributed by atoms with E-state index in [2.05, 4.69) is 15.6 Å². The molecule has 0 saturated heterocycles. The predicted octanol–water partition coefficient (Wildman–Crippen LogP) is 4.38. The van der Waals surface area contributed by atoms with Crippen LogP contribution in [0.4, 0.5) is 11.5 Å². The first kappa shape index (κ1) is 20.2. The molecular formula is C23H25N3O3. The Balaban J connectivity index is 1.65. The minimum absolute atomic E-state index is 0.0966. The van der Waals surface area contributed by atoms with Gasteiger partial charge in [-0.3, -0.25) is 4.79 Å². The van der Waals surface area contributed by atoms with Gasteiger partial charge in [0.05, 0.1) is 19.9 Å². The van der Waals surface area contributed by atoms with Crippen molar-refractivity contribution in [3.63, 3.8) is 0 Å².